The number of rotatable bonds is 2. The summed E-state index contributed by atoms with van der Waals surface area (Å²) in [4.78, 5) is 0. The third-order valence-corrected chi connectivity index (χ3v) is 4.18. The van der Waals surface area contributed by atoms with Crippen molar-refractivity contribution >= 4 is 27.5 Å². The summed E-state index contributed by atoms with van der Waals surface area (Å²) in [5.74, 6) is 0.625. The summed E-state index contributed by atoms with van der Waals surface area (Å²) >= 11 is 9.53. The molecule has 2 N–H and O–H groups in total. The first-order valence-corrected chi connectivity index (χ1v) is 6.56. The number of hydrogen-bond acceptors (Lipinski definition) is 1. The first kappa shape index (κ1) is 11.4. The van der Waals surface area contributed by atoms with Crippen molar-refractivity contribution in [3.63, 3.8) is 0 Å². The second-order valence-corrected chi connectivity index (χ2v) is 5.53. The Bertz CT molecular complexity index is 347. The predicted octanol–water partition coefficient (Wildman–Crippen LogP) is 4.29. The molecule has 0 spiro atoms. The summed E-state index contributed by atoms with van der Waals surface area (Å²) in [6, 6.07) is 5.97. The van der Waals surface area contributed by atoms with Crippen LogP contribution >= 0.6 is 27.5 Å². The van der Waals surface area contributed by atoms with Gasteiger partial charge in [-0.2, -0.15) is 0 Å². The molecule has 1 saturated carbocycles. The molecule has 1 fully saturated rings. The zero-order chi connectivity index (χ0) is 10.8. The Labute approximate surface area is 104 Å². The van der Waals surface area contributed by atoms with Gasteiger partial charge in [0.25, 0.3) is 0 Å². The van der Waals surface area contributed by atoms with Crippen LogP contribution in [0.2, 0.25) is 5.02 Å². The molecule has 0 bridgehead atoms. The van der Waals surface area contributed by atoms with Crippen LogP contribution in [0.4, 0.5) is 0 Å². The molecule has 0 aromatic heterocycles. The van der Waals surface area contributed by atoms with Gasteiger partial charge in [0.05, 0.1) is 0 Å². The van der Waals surface area contributed by atoms with E-state index in [0.717, 1.165) is 15.1 Å². The Hall–Kier alpha value is -0.0500. The molecular weight excluding hydrogens is 273 g/mol. The molecule has 0 radical (unpaired) electrons. The van der Waals surface area contributed by atoms with Gasteiger partial charge in [0.15, 0.2) is 0 Å². The topological polar surface area (TPSA) is 26.0 Å². The van der Waals surface area contributed by atoms with E-state index in [9.17, 15) is 0 Å². The van der Waals surface area contributed by atoms with Gasteiger partial charge >= 0.3 is 0 Å². The minimum absolute atomic E-state index is 0.126. The molecule has 2 rings (SSSR count). The maximum atomic E-state index is 6.28. The second-order valence-electron chi connectivity index (χ2n) is 4.24. The molecule has 1 atom stereocenters. The molecule has 0 heterocycles. The summed E-state index contributed by atoms with van der Waals surface area (Å²) in [5, 5.41) is 0.765. The molecule has 1 nitrogen and oxygen atoms in total. The van der Waals surface area contributed by atoms with E-state index in [1.54, 1.807) is 0 Å². The van der Waals surface area contributed by atoms with Crippen molar-refractivity contribution < 1.29 is 0 Å². The van der Waals surface area contributed by atoms with Gasteiger partial charge in [-0.3, -0.25) is 0 Å². The highest BCUT2D eigenvalue weighted by atomic mass is 79.9. The molecule has 1 aliphatic carbocycles. The van der Waals surface area contributed by atoms with Crippen LogP contribution in [0.25, 0.3) is 0 Å². The lowest BCUT2D eigenvalue weighted by Crippen LogP contribution is -2.19. The van der Waals surface area contributed by atoms with Crippen molar-refractivity contribution in [3.05, 3.63) is 33.3 Å². The maximum absolute atomic E-state index is 6.28. The van der Waals surface area contributed by atoms with Crippen LogP contribution in [0.15, 0.2) is 22.7 Å². The fraction of sp³-hybridized carbons (Fsp3) is 0.500. The van der Waals surface area contributed by atoms with Gasteiger partial charge in [0, 0.05) is 15.5 Å². The van der Waals surface area contributed by atoms with Crippen molar-refractivity contribution in [2.45, 2.75) is 31.7 Å². The van der Waals surface area contributed by atoms with E-state index < -0.39 is 0 Å². The SMILES string of the molecule is NC(c1cc(Cl)ccc1Br)C1CCCC1. The van der Waals surface area contributed by atoms with Crippen molar-refractivity contribution in [3.8, 4) is 0 Å². The Morgan fingerprint density at radius 3 is 2.67 bits per heavy atom. The zero-order valence-electron chi connectivity index (χ0n) is 8.55. The fourth-order valence-corrected chi connectivity index (χ4v) is 3.03. The highest BCUT2D eigenvalue weighted by Gasteiger charge is 2.24. The molecule has 0 amide bonds. The minimum atomic E-state index is 0.126. The smallest absolute Gasteiger partial charge is 0.0410 e. The zero-order valence-corrected chi connectivity index (χ0v) is 10.9. The Balaban J connectivity index is 2.23. The third kappa shape index (κ3) is 2.55. The summed E-state index contributed by atoms with van der Waals surface area (Å²) < 4.78 is 1.08. The number of hydrogen-bond donors (Lipinski definition) is 1. The molecule has 82 valence electrons. The lowest BCUT2D eigenvalue weighted by Gasteiger charge is -2.20. The van der Waals surface area contributed by atoms with Gasteiger partial charge in [-0.25, -0.2) is 0 Å². The van der Waals surface area contributed by atoms with Crippen LogP contribution in [0.5, 0.6) is 0 Å². The Morgan fingerprint density at radius 2 is 2.00 bits per heavy atom. The molecule has 1 unspecified atom stereocenters. The van der Waals surface area contributed by atoms with E-state index in [4.69, 9.17) is 17.3 Å². The van der Waals surface area contributed by atoms with Gasteiger partial charge < -0.3 is 5.73 Å². The maximum Gasteiger partial charge on any atom is 0.0410 e. The summed E-state index contributed by atoms with van der Waals surface area (Å²) in [6.45, 7) is 0. The highest BCUT2D eigenvalue weighted by Crippen LogP contribution is 2.37. The first-order chi connectivity index (χ1) is 7.18. The van der Waals surface area contributed by atoms with E-state index >= 15 is 0 Å². The molecule has 1 aromatic carbocycles. The lowest BCUT2D eigenvalue weighted by atomic mass is 9.92. The summed E-state index contributed by atoms with van der Waals surface area (Å²) in [6.07, 6.45) is 5.13. The van der Waals surface area contributed by atoms with Gasteiger partial charge in [-0.1, -0.05) is 40.4 Å². The number of halogens is 2. The lowest BCUT2D eigenvalue weighted by molar-refractivity contribution is 0.444. The Kier molecular flexibility index (Phi) is 3.70. The molecule has 15 heavy (non-hydrogen) atoms. The van der Waals surface area contributed by atoms with Gasteiger partial charge in [-0.15, -0.1) is 0 Å². The van der Waals surface area contributed by atoms with Crippen molar-refractivity contribution in [2.24, 2.45) is 11.7 Å². The standard InChI is InChI=1S/C12H15BrClN/c13-11-6-5-9(14)7-10(11)12(15)8-3-1-2-4-8/h5-8,12H,1-4,15H2. The van der Waals surface area contributed by atoms with E-state index in [0.29, 0.717) is 5.92 Å². The molecule has 0 aliphatic heterocycles. The highest BCUT2D eigenvalue weighted by molar-refractivity contribution is 9.10. The van der Waals surface area contributed by atoms with E-state index in [-0.39, 0.29) is 6.04 Å². The molecule has 1 aromatic rings. The van der Waals surface area contributed by atoms with Crippen molar-refractivity contribution in [2.75, 3.05) is 0 Å². The van der Waals surface area contributed by atoms with Gasteiger partial charge in [0.2, 0.25) is 0 Å². The van der Waals surface area contributed by atoms with E-state index in [2.05, 4.69) is 15.9 Å². The third-order valence-electron chi connectivity index (χ3n) is 3.22. The van der Waals surface area contributed by atoms with E-state index in [1.807, 2.05) is 18.2 Å². The van der Waals surface area contributed by atoms with Gasteiger partial charge in [0.1, 0.15) is 0 Å². The normalized spacial score (nSPS) is 19.4. The molecule has 0 saturated heterocycles. The number of benzene rings is 1. The number of nitrogens with two attached hydrogens (primary N) is 1. The van der Waals surface area contributed by atoms with Crippen LogP contribution in [-0.4, -0.2) is 0 Å². The summed E-state index contributed by atoms with van der Waals surface area (Å²) in [5.41, 5.74) is 7.43. The predicted molar refractivity (Wildman–Crippen MR) is 68.0 cm³/mol. The fourth-order valence-electron chi connectivity index (χ4n) is 2.34. The second kappa shape index (κ2) is 4.86. The molecular formula is C12H15BrClN. The van der Waals surface area contributed by atoms with Crippen LogP contribution in [0.3, 0.4) is 0 Å². The monoisotopic (exact) mass is 287 g/mol. The van der Waals surface area contributed by atoms with Gasteiger partial charge in [-0.05, 0) is 42.5 Å². The van der Waals surface area contributed by atoms with Crippen LogP contribution in [0.1, 0.15) is 37.3 Å². The van der Waals surface area contributed by atoms with E-state index in [1.165, 1.54) is 25.7 Å². The first-order valence-electron chi connectivity index (χ1n) is 5.39. The summed E-state index contributed by atoms with van der Waals surface area (Å²) in [7, 11) is 0. The van der Waals surface area contributed by atoms with Crippen LogP contribution < -0.4 is 5.73 Å². The average Bonchev–Trinajstić information content (AvgIpc) is 2.74. The molecule has 1 aliphatic rings. The minimum Gasteiger partial charge on any atom is -0.324 e. The van der Waals surface area contributed by atoms with Crippen LogP contribution in [-0.2, 0) is 0 Å². The largest absolute Gasteiger partial charge is 0.324 e. The Morgan fingerprint density at radius 1 is 1.33 bits per heavy atom. The quantitative estimate of drug-likeness (QED) is 0.863. The molecule has 3 heteroatoms. The van der Waals surface area contributed by atoms with Crippen molar-refractivity contribution in [1.29, 1.82) is 0 Å². The average molecular weight is 289 g/mol. The van der Waals surface area contributed by atoms with Crippen molar-refractivity contribution in [1.82, 2.24) is 0 Å². The van der Waals surface area contributed by atoms with Crippen LogP contribution in [0, 0.1) is 5.92 Å².